The lowest BCUT2D eigenvalue weighted by Gasteiger charge is -2.40. The van der Waals surface area contributed by atoms with Crippen LogP contribution in [0, 0.1) is 0 Å². The minimum atomic E-state index is -3.47. The van der Waals surface area contributed by atoms with Crippen molar-refractivity contribution >= 4 is 26.0 Å². The number of ether oxygens (including phenoxy) is 1. The molecule has 1 N–H and O–H groups in total. The van der Waals surface area contributed by atoms with E-state index in [0.29, 0.717) is 11.5 Å². The van der Waals surface area contributed by atoms with Crippen LogP contribution in [0.4, 0.5) is 0 Å². The molecule has 0 aromatic heterocycles. The first-order valence-corrected chi connectivity index (χ1v) is 9.60. The molecule has 0 spiro atoms. The second-order valence-electron chi connectivity index (χ2n) is 5.50. The van der Waals surface area contributed by atoms with Crippen LogP contribution in [0.2, 0.25) is 0 Å². The highest BCUT2D eigenvalue weighted by atomic mass is 79.9. The number of benzene rings is 1. The third-order valence-electron chi connectivity index (χ3n) is 4.23. The highest BCUT2D eigenvalue weighted by molar-refractivity contribution is 9.10. The normalized spacial score (nSPS) is 22.1. The fourth-order valence-electron chi connectivity index (χ4n) is 2.77. The number of nitrogens with one attached hydrogen (secondary N) is 1. The maximum absolute atomic E-state index is 12.4. The van der Waals surface area contributed by atoms with Crippen molar-refractivity contribution in [3.8, 4) is 0 Å². The van der Waals surface area contributed by atoms with E-state index >= 15 is 0 Å². The van der Waals surface area contributed by atoms with Crippen LogP contribution >= 0.6 is 15.9 Å². The lowest BCUT2D eigenvalue weighted by atomic mass is 9.86. The monoisotopic (exact) mass is 375 g/mol. The molecule has 0 radical (unpaired) electrons. The Kier molecular flexibility index (Phi) is 5.46. The summed E-state index contributed by atoms with van der Waals surface area (Å²) in [5.74, 6) is 0. The van der Waals surface area contributed by atoms with Crippen molar-refractivity contribution in [1.82, 2.24) is 4.72 Å². The van der Waals surface area contributed by atoms with Gasteiger partial charge >= 0.3 is 0 Å². The van der Waals surface area contributed by atoms with E-state index in [2.05, 4.69) is 34.5 Å². The van der Waals surface area contributed by atoms with Gasteiger partial charge in [0, 0.05) is 17.1 Å². The standard InChI is InChI=1S/C15H22BrNO3S/c1-3-15(4-2)11-13(9-10-20-15)17-21(18,19)14-7-5-12(16)6-8-14/h5-8,13,17H,3-4,9-11H2,1-2H3. The summed E-state index contributed by atoms with van der Waals surface area (Å²) in [6.45, 7) is 4.79. The Balaban J connectivity index is 2.11. The van der Waals surface area contributed by atoms with Crippen molar-refractivity contribution in [3.63, 3.8) is 0 Å². The predicted molar refractivity (Wildman–Crippen MR) is 86.8 cm³/mol. The van der Waals surface area contributed by atoms with Crippen molar-refractivity contribution < 1.29 is 13.2 Å². The van der Waals surface area contributed by atoms with E-state index in [1.165, 1.54) is 0 Å². The van der Waals surface area contributed by atoms with Gasteiger partial charge in [0.25, 0.3) is 0 Å². The van der Waals surface area contributed by atoms with Gasteiger partial charge < -0.3 is 4.74 Å². The molecule has 0 amide bonds. The Hall–Kier alpha value is -0.430. The van der Waals surface area contributed by atoms with E-state index in [1.54, 1.807) is 24.3 Å². The summed E-state index contributed by atoms with van der Waals surface area (Å²) in [5, 5.41) is 0. The first-order chi connectivity index (χ1) is 9.91. The van der Waals surface area contributed by atoms with E-state index in [9.17, 15) is 8.42 Å². The minimum Gasteiger partial charge on any atom is -0.375 e. The van der Waals surface area contributed by atoms with Gasteiger partial charge in [-0.3, -0.25) is 0 Å². The van der Waals surface area contributed by atoms with E-state index in [-0.39, 0.29) is 11.6 Å². The SMILES string of the molecule is CCC1(CC)CC(NS(=O)(=O)c2ccc(Br)cc2)CCO1. The van der Waals surface area contributed by atoms with Crippen LogP contribution in [0.25, 0.3) is 0 Å². The molecule has 6 heteroatoms. The van der Waals surface area contributed by atoms with Gasteiger partial charge in [-0.05, 0) is 49.9 Å². The Labute approximate surface area is 135 Å². The number of rotatable bonds is 5. The summed E-state index contributed by atoms with van der Waals surface area (Å²) in [6, 6.07) is 6.63. The molecule has 1 aliphatic heterocycles. The molecule has 1 atom stereocenters. The third-order valence-corrected chi connectivity index (χ3v) is 6.29. The maximum atomic E-state index is 12.4. The molecule has 1 heterocycles. The lowest BCUT2D eigenvalue weighted by Crippen LogP contribution is -2.48. The topological polar surface area (TPSA) is 55.4 Å². The fourth-order valence-corrected chi connectivity index (χ4v) is 4.31. The van der Waals surface area contributed by atoms with Crippen LogP contribution in [-0.4, -0.2) is 26.7 Å². The molecule has 4 nitrogen and oxygen atoms in total. The van der Waals surface area contributed by atoms with Crippen molar-refractivity contribution in [1.29, 1.82) is 0 Å². The molecule has 1 saturated heterocycles. The molecule has 1 aromatic rings. The van der Waals surface area contributed by atoms with Gasteiger partial charge in [0.15, 0.2) is 0 Å². The van der Waals surface area contributed by atoms with Gasteiger partial charge in [0.2, 0.25) is 10.0 Å². The van der Waals surface area contributed by atoms with E-state index < -0.39 is 10.0 Å². The van der Waals surface area contributed by atoms with Crippen LogP contribution in [0.15, 0.2) is 33.6 Å². The maximum Gasteiger partial charge on any atom is 0.240 e. The molecular weight excluding hydrogens is 354 g/mol. The second-order valence-corrected chi connectivity index (χ2v) is 8.13. The quantitative estimate of drug-likeness (QED) is 0.856. The molecule has 1 aromatic carbocycles. The summed E-state index contributed by atoms with van der Waals surface area (Å²) in [7, 11) is -3.47. The van der Waals surface area contributed by atoms with Gasteiger partial charge in [-0.15, -0.1) is 0 Å². The third kappa shape index (κ3) is 4.06. The van der Waals surface area contributed by atoms with E-state index in [1.807, 2.05) is 0 Å². The molecule has 118 valence electrons. The number of hydrogen-bond acceptors (Lipinski definition) is 3. The summed E-state index contributed by atoms with van der Waals surface area (Å²) in [5.41, 5.74) is -0.189. The van der Waals surface area contributed by atoms with Gasteiger partial charge in [-0.25, -0.2) is 13.1 Å². The number of hydrogen-bond donors (Lipinski definition) is 1. The molecule has 0 aliphatic carbocycles. The second kappa shape index (κ2) is 6.77. The molecule has 0 saturated carbocycles. The predicted octanol–water partition coefficient (Wildman–Crippen LogP) is 3.47. The van der Waals surface area contributed by atoms with Crippen molar-refractivity contribution in [3.05, 3.63) is 28.7 Å². The zero-order chi connectivity index (χ0) is 15.5. The van der Waals surface area contributed by atoms with Crippen molar-refractivity contribution in [2.75, 3.05) is 6.61 Å². The van der Waals surface area contributed by atoms with Gasteiger partial charge in [-0.1, -0.05) is 29.8 Å². The average Bonchev–Trinajstić information content (AvgIpc) is 2.47. The lowest BCUT2D eigenvalue weighted by molar-refractivity contribution is -0.0905. The molecule has 1 fully saturated rings. The van der Waals surface area contributed by atoms with Crippen molar-refractivity contribution in [2.45, 2.75) is 56.1 Å². The van der Waals surface area contributed by atoms with Crippen LogP contribution in [0.1, 0.15) is 39.5 Å². The van der Waals surface area contributed by atoms with Crippen LogP contribution in [0.3, 0.4) is 0 Å². The van der Waals surface area contributed by atoms with E-state index in [0.717, 1.165) is 30.2 Å². The van der Waals surface area contributed by atoms with Crippen LogP contribution in [0.5, 0.6) is 0 Å². The summed E-state index contributed by atoms with van der Waals surface area (Å²) >= 11 is 3.31. The van der Waals surface area contributed by atoms with E-state index in [4.69, 9.17) is 4.74 Å². The smallest absolute Gasteiger partial charge is 0.240 e. The largest absolute Gasteiger partial charge is 0.375 e. The Morgan fingerprint density at radius 1 is 1.29 bits per heavy atom. The van der Waals surface area contributed by atoms with Gasteiger partial charge in [0.05, 0.1) is 10.5 Å². The first kappa shape index (κ1) is 16.9. The fraction of sp³-hybridized carbons (Fsp3) is 0.600. The molecule has 0 bridgehead atoms. The Morgan fingerprint density at radius 3 is 2.48 bits per heavy atom. The van der Waals surface area contributed by atoms with Gasteiger partial charge in [-0.2, -0.15) is 0 Å². The molecule has 1 unspecified atom stereocenters. The molecule has 2 rings (SSSR count). The summed E-state index contributed by atoms with van der Waals surface area (Å²) in [4.78, 5) is 0.302. The number of halogens is 1. The molecular formula is C15H22BrNO3S. The van der Waals surface area contributed by atoms with Crippen LogP contribution in [-0.2, 0) is 14.8 Å². The summed E-state index contributed by atoms with van der Waals surface area (Å²) < 4.78 is 34.4. The van der Waals surface area contributed by atoms with Crippen molar-refractivity contribution in [2.24, 2.45) is 0 Å². The minimum absolute atomic E-state index is 0.0627. The first-order valence-electron chi connectivity index (χ1n) is 7.32. The number of sulfonamides is 1. The summed E-state index contributed by atoms with van der Waals surface area (Å²) in [6.07, 6.45) is 3.26. The highest BCUT2D eigenvalue weighted by Crippen LogP contribution is 2.32. The van der Waals surface area contributed by atoms with Crippen LogP contribution < -0.4 is 4.72 Å². The Bertz CT molecular complexity index is 567. The molecule has 21 heavy (non-hydrogen) atoms. The van der Waals surface area contributed by atoms with Gasteiger partial charge in [0.1, 0.15) is 0 Å². The molecule has 1 aliphatic rings. The Morgan fingerprint density at radius 2 is 1.90 bits per heavy atom. The zero-order valence-electron chi connectivity index (χ0n) is 12.4. The average molecular weight is 376 g/mol. The zero-order valence-corrected chi connectivity index (χ0v) is 14.8. The highest BCUT2D eigenvalue weighted by Gasteiger charge is 2.36.